The Morgan fingerprint density at radius 3 is 2.68 bits per heavy atom. The van der Waals surface area contributed by atoms with E-state index in [1.807, 2.05) is 6.92 Å². The van der Waals surface area contributed by atoms with E-state index in [0.29, 0.717) is 31.0 Å². The predicted octanol–water partition coefficient (Wildman–Crippen LogP) is 1.85. The molecule has 0 atom stereocenters. The smallest absolute Gasteiger partial charge is 0.270 e. The van der Waals surface area contributed by atoms with Gasteiger partial charge in [0.2, 0.25) is 0 Å². The molecule has 0 fully saturated rings. The van der Waals surface area contributed by atoms with Gasteiger partial charge in [-0.1, -0.05) is 0 Å². The molecule has 0 bridgehead atoms. The molecule has 0 aliphatic rings. The zero-order valence-electron chi connectivity index (χ0n) is 11.5. The van der Waals surface area contributed by atoms with E-state index in [1.165, 1.54) is 12.1 Å². The van der Waals surface area contributed by atoms with Crippen molar-refractivity contribution in [2.24, 2.45) is 0 Å². The highest BCUT2D eigenvalue weighted by atomic mass is 16.6. The van der Waals surface area contributed by atoms with Crippen LogP contribution in [0.2, 0.25) is 0 Å². The monoisotopic (exact) mass is 268 g/mol. The zero-order chi connectivity index (χ0) is 14.5. The summed E-state index contributed by atoms with van der Waals surface area (Å²) in [7, 11) is 0. The SMILES string of the molecule is CCOc1ccc([N+](=O)[O-])cc1CNCC(C)(C)O. The summed E-state index contributed by atoms with van der Waals surface area (Å²) in [6.45, 7) is 6.53. The first-order valence-corrected chi connectivity index (χ1v) is 6.16. The normalized spacial score (nSPS) is 11.4. The van der Waals surface area contributed by atoms with Crippen molar-refractivity contribution >= 4 is 5.69 Å². The minimum absolute atomic E-state index is 0.0310. The molecular formula is C13H20N2O4. The Hall–Kier alpha value is -1.66. The van der Waals surface area contributed by atoms with Gasteiger partial charge in [0.05, 0.1) is 17.1 Å². The van der Waals surface area contributed by atoms with E-state index in [0.717, 1.165) is 0 Å². The van der Waals surface area contributed by atoms with Crippen molar-refractivity contribution in [1.29, 1.82) is 0 Å². The van der Waals surface area contributed by atoms with Crippen molar-refractivity contribution in [3.63, 3.8) is 0 Å². The van der Waals surface area contributed by atoms with Crippen LogP contribution < -0.4 is 10.1 Å². The van der Waals surface area contributed by atoms with Gasteiger partial charge in [0.1, 0.15) is 5.75 Å². The van der Waals surface area contributed by atoms with Crippen LogP contribution in [0.15, 0.2) is 18.2 Å². The van der Waals surface area contributed by atoms with Crippen LogP contribution in [0.25, 0.3) is 0 Å². The summed E-state index contributed by atoms with van der Waals surface area (Å²) < 4.78 is 5.43. The van der Waals surface area contributed by atoms with E-state index in [-0.39, 0.29) is 5.69 Å². The molecule has 6 heteroatoms. The summed E-state index contributed by atoms with van der Waals surface area (Å²) >= 11 is 0. The van der Waals surface area contributed by atoms with Crippen LogP contribution >= 0.6 is 0 Å². The van der Waals surface area contributed by atoms with Crippen LogP contribution in [-0.4, -0.2) is 28.8 Å². The number of hydrogen-bond acceptors (Lipinski definition) is 5. The standard InChI is InChI=1S/C13H20N2O4/c1-4-19-12-6-5-11(15(17)18)7-10(12)8-14-9-13(2,3)16/h5-7,14,16H,4,8-9H2,1-3H3. The first-order chi connectivity index (χ1) is 8.83. The Morgan fingerprint density at radius 2 is 2.16 bits per heavy atom. The number of nitrogens with one attached hydrogen (secondary N) is 1. The topological polar surface area (TPSA) is 84.6 Å². The molecule has 0 aromatic heterocycles. The lowest BCUT2D eigenvalue weighted by atomic mass is 10.1. The van der Waals surface area contributed by atoms with Gasteiger partial charge in [0.25, 0.3) is 5.69 Å². The van der Waals surface area contributed by atoms with Crippen molar-refractivity contribution in [2.75, 3.05) is 13.2 Å². The molecule has 0 amide bonds. The molecule has 0 spiro atoms. The van der Waals surface area contributed by atoms with E-state index in [4.69, 9.17) is 4.74 Å². The summed E-state index contributed by atoms with van der Waals surface area (Å²) in [6.07, 6.45) is 0. The largest absolute Gasteiger partial charge is 0.494 e. The second kappa shape index (κ2) is 6.49. The minimum atomic E-state index is -0.827. The van der Waals surface area contributed by atoms with Crippen molar-refractivity contribution in [1.82, 2.24) is 5.32 Å². The Kier molecular flexibility index (Phi) is 5.26. The second-order valence-corrected chi connectivity index (χ2v) is 4.90. The average Bonchev–Trinajstić information content (AvgIpc) is 2.29. The van der Waals surface area contributed by atoms with Crippen molar-refractivity contribution in [2.45, 2.75) is 32.9 Å². The van der Waals surface area contributed by atoms with Crippen molar-refractivity contribution in [3.05, 3.63) is 33.9 Å². The summed E-state index contributed by atoms with van der Waals surface area (Å²) in [5, 5.41) is 23.4. The molecule has 0 aliphatic heterocycles. The Morgan fingerprint density at radius 1 is 1.47 bits per heavy atom. The lowest BCUT2D eigenvalue weighted by Gasteiger charge is -2.18. The summed E-state index contributed by atoms with van der Waals surface area (Å²) in [4.78, 5) is 10.3. The zero-order valence-corrected chi connectivity index (χ0v) is 11.5. The van der Waals surface area contributed by atoms with Crippen LogP contribution in [0.1, 0.15) is 26.3 Å². The lowest BCUT2D eigenvalue weighted by Crippen LogP contribution is -2.34. The number of non-ortho nitro benzene ring substituents is 1. The third kappa shape index (κ3) is 5.23. The fourth-order valence-electron chi connectivity index (χ4n) is 1.62. The molecule has 0 unspecified atom stereocenters. The molecule has 1 rings (SSSR count). The third-order valence-corrected chi connectivity index (χ3v) is 2.43. The van der Waals surface area contributed by atoms with Crippen LogP contribution in [0.4, 0.5) is 5.69 Å². The highest BCUT2D eigenvalue weighted by Crippen LogP contribution is 2.24. The molecule has 0 saturated heterocycles. The molecule has 1 aromatic rings. The number of hydrogen-bond donors (Lipinski definition) is 2. The highest BCUT2D eigenvalue weighted by molar-refractivity contribution is 5.43. The van der Waals surface area contributed by atoms with Crippen molar-refractivity contribution in [3.8, 4) is 5.75 Å². The number of rotatable bonds is 7. The van der Waals surface area contributed by atoms with Crippen LogP contribution in [0.5, 0.6) is 5.75 Å². The minimum Gasteiger partial charge on any atom is -0.494 e. The average molecular weight is 268 g/mol. The molecule has 0 heterocycles. The van der Waals surface area contributed by atoms with Gasteiger partial charge in [-0.05, 0) is 26.8 Å². The van der Waals surface area contributed by atoms with E-state index >= 15 is 0 Å². The lowest BCUT2D eigenvalue weighted by molar-refractivity contribution is -0.384. The number of nitro groups is 1. The van der Waals surface area contributed by atoms with Gasteiger partial charge in [0.15, 0.2) is 0 Å². The van der Waals surface area contributed by atoms with Crippen LogP contribution in [-0.2, 0) is 6.54 Å². The third-order valence-electron chi connectivity index (χ3n) is 2.43. The molecule has 106 valence electrons. The quantitative estimate of drug-likeness (QED) is 0.582. The van der Waals surface area contributed by atoms with Gasteiger partial charge in [-0.2, -0.15) is 0 Å². The molecule has 2 N–H and O–H groups in total. The van der Waals surface area contributed by atoms with Gasteiger partial charge in [-0.3, -0.25) is 10.1 Å². The number of nitro benzene ring substituents is 1. The van der Waals surface area contributed by atoms with Crippen molar-refractivity contribution < 1.29 is 14.8 Å². The fraction of sp³-hybridized carbons (Fsp3) is 0.538. The first kappa shape index (κ1) is 15.4. The van der Waals surface area contributed by atoms with E-state index in [1.54, 1.807) is 19.9 Å². The molecule has 1 aromatic carbocycles. The van der Waals surface area contributed by atoms with E-state index in [2.05, 4.69) is 5.32 Å². The van der Waals surface area contributed by atoms with E-state index < -0.39 is 10.5 Å². The van der Waals surface area contributed by atoms with Crippen LogP contribution in [0, 0.1) is 10.1 Å². The number of ether oxygens (including phenoxy) is 1. The fourth-order valence-corrected chi connectivity index (χ4v) is 1.62. The second-order valence-electron chi connectivity index (χ2n) is 4.90. The number of aliphatic hydroxyl groups is 1. The molecule has 6 nitrogen and oxygen atoms in total. The number of nitrogens with zero attached hydrogens (tertiary/aromatic N) is 1. The van der Waals surface area contributed by atoms with Gasteiger partial charge in [-0.25, -0.2) is 0 Å². The predicted molar refractivity (Wildman–Crippen MR) is 72.3 cm³/mol. The summed E-state index contributed by atoms with van der Waals surface area (Å²) in [5.74, 6) is 0.622. The maximum atomic E-state index is 10.8. The highest BCUT2D eigenvalue weighted by Gasteiger charge is 2.14. The molecular weight excluding hydrogens is 248 g/mol. The first-order valence-electron chi connectivity index (χ1n) is 6.16. The van der Waals surface area contributed by atoms with Crippen LogP contribution in [0.3, 0.4) is 0 Å². The Bertz CT molecular complexity index is 441. The maximum Gasteiger partial charge on any atom is 0.270 e. The van der Waals surface area contributed by atoms with Gasteiger partial charge in [-0.15, -0.1) is 0 Å². The van der Waals surface area contributed by atoms with Gasteiger partial charge < -0.3 is 15.2 Å². The molecule has 0 radical (unpaired) electrons. The summed E-state index contributed by atoms with van der Waals surface area (Å²) in [6, 6.07) is 4.51. The van der Waals surface area contributed by atoms with E-state index in [9.17, 15) is 15.2 Å². The molecule has 0 saturated carbocycles. The Balaban J connectivity index is 2.82. The maximum absolute atomic E-state index is 10.8. The van der Waals surface area contributed by atoms with Gasteiger partial charge >= 0.3 is 0 Å². The van der Waals surface area contributed by atoms with Gasteiger partial charge in [0, 0.05) is 30.8 Å². The number of benzene rings is 1. The summed E-state index contributed by atoms with van der Waals surface area (Å²) in [5.41, 5.74) is -0.0873. The molecule has 19 heavy (non-hydrogen) atoms. The Labute approximate surface area is 112 Å². The molecule has 0 aliphatic carbocycles.